The highest BCUT2D eigenvalue weighted by molar-refractivity contribution is 7.88. The van der Waals surface area contributed by atoms with Crippen molar-refractivity contribution >= 4 is 10.0 Å². The van der Waals surface area contributed by atoms with Gasteiger partial charge in [-0.2, -0.15) is 0 Å². The van der Waals surface area contributed by atoms with E-state index in [1.807, 2.05) is 0 Å². The minimum atomic E-state index is -3.49. The van der Waals surface area contributed by atoms with Gasteiger partial charge < -0.3 is 0 Å². The van der Waals surface area contributed by atoms with Gasteiger partial charge in [-0.05, 0) is 30.7 Å². The Bertz CT molecular complexity index is 687. The molecule has 1 aromatic carbocycles. The predicted octanol–water partition coefficient (Wildman–Crippen LogP) is 1.54. The molecule has 0 unspecified atom stereocenters. The molecule has 0 aliphatic carbocycles. The van der Waals surface area contributed by atoms with Crippen molar-refractivity contribution in [3.05, 3.63) is 59.4 Å². The van der Waals surface area contributed by atoms with Crippen LogP contribution in [0, 0.1) is 12.7 Å². The number of nitrogens with zero attached hydrogens (tertiary/aromatic N) is 2. The third kappa shape index (κ3) is 4.36. The Hall–Kier alpha value is -1.86. The molecule has 1 N–H and O–H groups in total. The van der Waals surface area contributed by atoms with Crippen molar-refractivity contribution in [3.63, 3.8) is 0 Å². The Morgan fingerprint density at radius 2 is 1.90 bits per heavy atom. The maximum Gasteiger partial charge on any atom is 0.216 e. The second-order valence-electron chi connectivity index (χ2n) is 4.36. The molecule has 1 aromatic heterocycles. The molecule has 0 bridgehead atoms. The summed E-state index contributed by atoms with van der Waals surface area (Å²) in [6.07, 6.45) is 1.39. The maximum absolute atomic E-state index is 12.7. The van der Waals surface area contributed by atoms with Crippen molar-refractivity contribution in [1.29, 1.82) is 0 Å². The highest BCUT2D eigenvalue weighted by Crippen LogP contribution is 2.07. The lowest BCUT2D eigenvalue weighted by atomic mass is 10.2. The molecule has 0 radical (unpaired) electrons. The number of nitrogens with one attached hydrogen (secondary N) is 1. The first-order valence-corrected chi connectivity index (χ1v) is 7.59. The molecule has 0 amide bonds. The number of rotatable bonds is 5. The van der Waals surface area contributed by atoms with Gasteiger partial charge in [-0.3, -0.25) is 0 Å². The number of aryl methyl sites for hydroxylation is 1. The average molecular weight is 295 g/mol. The minimum Gasteiger partial charge on any atom is -0.242 e. The lowest BCUT2D eigenvalue weighted by Crippen LogP contribution is -2.25. The third-order valence-electron chi connectivity index (χ3n) is 2.60. The van der Waals surface area contributed by atoms with Crippen LogP contribution in [0.15, 0.2) is 36.7 Å². The smallest absolute Gasteiger partial charge is 0.216 e. The van der Waals surface area contributed by atoms with Gasteiger partial charge in [0.05, 0.1) is 18.0 Å². The lowest BCUT2D eigenvalue weighted by molar-refractivity contribution is 0.579. The van der Waals surface area contributed by atoms with Gasteiger partial charge >= 0.3 is 0 Å². The molecule has 0 spiro atoms. The Kier molecular flexibility index (Phi) is 4.41. The van der Waals surface area contributed by atoms with E-state index >= 15 is 0 Å². The fraction of sp³-hybridized carbons (Fsp3) is 0.231. The van der Waals surface area contributed by atoms with Crippen molar-refractivity contribution in [2.45, 2.75) is 19.2 Å². The van der Waals surface area contributed by atoms with Crippen LogP contribution in [0.3, 0.4) is 0 Å². The first kappa shape index (κ1) is 14.5. The summed E-state index contributed by atoms with van der Waals surface area (Å²) in [5.74, 6) is -0.590. The van der Waals surface area contributed by atoms with Gasteiger partial charge in [-0.25, -0.2) is 27.5 Å². The van der Waals surface area contributed by atoms with Crippen molar-refractivity contribution in [2.24, 2.45) is 0 Å². The molecule has 20 heavy (non-hydrogen) atoms. The Morgan fingerprint density at radius 3 is 2.55 bits per heavy atom. The third-order valence-corrected chi connectivity index (χ3v) is 3.90. The summed E-state index contributed by atoms with van der Waals surface area (Å²) in [4.78, 5) is 7.91. The molecule has 0 aliphatic heterocycles. The molecule has 0 saturated heterocycles. The number of halogens is 1. The van der Waals surface area contributed by atoms with E-state index in [9.17, 15) is 12.8 Å². The molecule has 0 aliphatic rings. The Morgan fingerprint density at radius 1 is 1.20 bits per heavy atom. The SMILES string of the molecule is Cc1cc(CNS(=O)(=O)Cc2ccc(F)cc2)ncn1. The summed E-state index contributed by atoms with van der Waals surface area (Å²) < 4.78 is 39.0. The summed E-state index contributed by atoms with van der Waals surface area (Å²) >= 11 is 0. The van der Waals surface area contributed by atoms with E-state index in [2.05, 4.69) is 14.7 Å². The summed E-state index contributed by atoms with van der Waals surface area (Å²) in [6, 6.07) is 7.07. The van der Waals surface area contributed by atoms with Gasteiger partial charge in [0.25, 0.3) is 0 Å². The summed E-state index contributed by atoms with van der Waals surface area (Å²) in [6.45, 7) is 1.91. The summed E-state index contributed by atoms with van der Waals surface area (Å²) in [7, 11) is -3.49. The fourth-order valence-electron chi connectivity index (χ4n) is 1.64. The van der Waals surface area contributed by atoms with Crippen LogP contribution in [-0.2, 0) is 22.3 Å². The van der Waals surface area contributed by atoms with Gasteiger partial charge in [0.2, 0.25) is 10.0 Å². The number of benzene rings is 1. The average Bonchev–Trinajstić information content (AvgIpc) is 2.39. The molecule has 0 saturated carbocycles. The predicted molar refractivity (Wildman–Crippen MR) is 72.6 cm³/mol. The second-order valence-corrected chi connectivity index (χ2v) is 6.16. The van der Waals surface area contributed by atoms with Gasteiger partial charge in [-0.15, -0.1) is 0 Å². The monoisotopic (exact) mass is 295 g/mol. The normalized spacial score (nSPS) is 11.5. The molecule has 0 atom stereocenters. The summed E-state index contributed by atoms with van der Waals surface area (Å²) in [5.41, 5.74) is 1.89. The zero-order chi connectivity index (χ0) is 14.6. The van der Waals surface area contributed by atoms with Crippen molar-refractivity contribution in [2.75, 3.05) is 0 Å². The van der Waals surface area contributed by atoms with Crippen LogP contribution in [0.4, 0.5) is 4.39 Å². The van der Waals surface area contributed by atoms with Crippen LogP contribution < -0.4 is 4.72 Å². The molecule has 0 fully saturated rings. The van der Waals surface area contributed by atoms with Crippen LogP contribution in [0.2, 0.25) is 0 Å². The first-order chi connectivity index (χ1) is 9.44. The van der Waals surface area contributed by atoms with Gasteiger partial charge in [0.1, 0.15) is 12.1 Å². The quantitative estimate of drug-likeness (QED) is 0.908. The highest BCUT2D eigenvalue weighted by Gasteiger charge is 2.11. The largest absolute Gasteiger partial charge is 0.242 e. The molecule has 7 heteroatoms. The number of sulfonamides is 1. The highest BCUT2D eigenvalue weighted by atomic mass is 32.2. The van der Waals surface area contributed by atoms with Crippen LogP contribution >= 0.6 is 0 Å². The second kappa shape index (κ2) is 6.06. The first-order valence-electron chi connectivity index (χ1n) is 5.94. The molecule has 1 heterocycles. The van der Waals surface area contributed by atoms with Gasteiger partial charge in [0, 0.05) is 5.69 Å². The Balaban J connectivity index is 1.99. The number of hydrogen-bond acceptors (Lipinski definition) is 4. The number of aromatic nitrogens is 2. The van der Waals surface area contributed by atoms with E-state index < -0.39 is 15.8 Å². The van der Waals surface area contributed by atoms with E-state index in [4.69, 9.17) is 0 Å². The standard InChI is InChI=1S/C13H14FN3O2S/c1-10-6-13(16-9-15-10)7-17-20(18,19)8-11-2-4-12(14)5-3-11/h2-6,9,17H,7-8H2,1H3. The molecule has 2 rings (SSSR count). The number of hydrogen-bond donors (Lipinski definition) is 1. The van der Waals surface area contributed by atoms with Crippen LogP contribution in [-0.4, -0.2) is 18.4 Å². The molecule has 106 valence electrons. The van der Waals surface area contributed by atoms with E-state index in [1.165, 1.54) is 30.6 Å². The topological polar surface area (TPSA) is 72.0 Å². The maximum atomic E-state index is 12.7. The molecule has 5 nitrogen and oxygen atoms in total. The van der Waals surface area contributed by atoms with Crippen LogP contribution in [0.1, 0.15) is 17.0 Å². The van der Waals surface area contributed by atoms with Crippen molar-refractivity contribution < 1.29 is 12.8 Å². The van der Waals surface area contributed by atoms with Gasteiger partial charge in [0.15, 0.2) is 0 Å². The van der Waals surface area contributed by atoms with E-state index in [1.54, 1.807) is 13.0 Å². The van der Waals surface area contributed by atoms with E-state index in [0.29, 0.717) is 11.3 Å². The fourth-order valence-corrected chi connectivity index (χ4v) is 2.74. The molecular weight excluding hydrogens is 281 g/mol. The zero-order valence-electron chi connectivity index (χ0n) is 10.9. The zero-order valence-corrected chi connectivity index (χ0v) is 11.7. The van der Waals surface area contributed by atoms with Crippen molar-refractivity contribution in [3.8, 4) is 0 Å². The van der Waals surface area contributed by atoms with Crippen molar-refractivity contribution in [1.82, 2.24) is 14.7 Å². The molecular formula is C13H14FN3O2S. The van der Waals surface area contributed by atoms with E-state index in [0.717, 1.165) is 5.69 Å². The van der Waals surface area contributed by atoms with Crippen LogP contribution in [0.5, 0.6) is 0 Å². The summed E-state index contributed by atoms with van der Waals surface area (Å²) in [5, 5.41) is 0. The minimum absolute atomic E-state index is 0.104. The molecule has 2 aromatic rings. The van der Waals surface area contributed by atoms with Crippen LogP contribution in [0.25, 0.3) is 0 Å². The Labute approximate surface area is 116 Å². The van der Waals surface area contributed by atoms with E-state index in [-0.39, 0.29) is 12.3 Å². The lowest BCUT2D eigenvalue weighted by Gasteiger charge is -2.06. The van der Waals surface area contributed by atoms with Gasteiger partial charge in [-0.1, -0.05) is 12.1 Å².